The average molecular weight is 232 g/mol. The SMILES string of the molecule is CCN1CC(Oc2ccc3c(c2)CNCC3)C1. The minimum atomic E-state index is 0.393. The first-order valence-corrected chi connectivity index (χ1v) is 6.56. The van der Waals surface area contributed by atoms with Gasteiger partial charge < -0.3 is 10.1 Å². The van der Waals surface area contributed by atoms with Crippen LogP contribution >= 0.6 is 0 Å². The summed E-state index contributed by atoms with van der Waals surface area (Å²) in [5, 5.41) is 3.40. The molecule has 0 spiro atoms. The molecule has 3 nitrogen and oxygen atoms in total. The Balaban J connectivity index is 1.64. The number of ether oxygens (including phenoxy) is 1. The van der Waals surface area contributed by atoms with Gasteiger partial charge in [-0.2, -0.15) is 0 Å². The molecule has 0 aliphatic carbocycles. The number of likely N-dealkylation sites (N-methyl/N-ethyl adjacent to an activating group) is 1. The molecule has 0 aromatic heterocycles. The highest BCUT2D eigenvalue weighted by atomic mass is 16.5. The van der Waals surface area contributed by atoms with E-state index in [-0.39, 0.29) is 0 Å². The third kappa shape index (κ3) is 2.31. The predicted molar refractivity (Wildman–Crippen MR) is 68.4 cm³/mol. The Morgan fingerprint density at radius 1 is 1.35 bits per heavy atom. The van der Waals surface area contributed by atoms with Crippen LogP contribution in [0.1, 0.15) is 18.1 Å². The fourth-order valence-corrected chi connectivity index (χ4v) is 2.58. The van der Waals surface area contributed by atoms with Crippen molar-refractivity contribution in [3.05, 3.63) is 29.3 Å². The highest BCUT2D eigenvalue weighted by Crippen LogP contribution is 2.23. The van der Waals surface area contributed by atoms with Crippen LogP contribution in [-0.2, 0) is 13.0 Å². The van der Waals surface area contributed by atoms with Gasteiger partial charge in [0.2, 0.25) is 0 Å². The van der Waals surface area contributed by atoms with Gasteiger partial charge in [-0.05, 0) is 42.8 Å². The number of nitrogens with one attached hydrogen (secondary N) is 1. The predicted octanol–water partition coefficient (Wildman–Crippen LogP) is 1.42. The Hall–Kier alpha value is -1.06. The lowest BCUT2D eigenvalue weighted by molar-refractivity contribution is 0.0238. The van der Waals surface area contributed by atoms with E-state index in [4.69, 9.17) is 4.74 Å². The van der Waals surface area contributed by atoms with E-state index < -0.39 is 0 Å². The first-order chi connectivity index (χ1) is 8.35. The van der Waals surface area contributed by atoms with Crippen molar-refractivity contribution in [2.24, 2.45) is 0 Å². The molecule has 1 aromatic carbocycles. The normalized spacial score (nSPS) is 20.8. The van der Waals surface area contributed by atoms with Gasteiger partial charge >= 0.3 is 0 Å². The molecule has 2 aliphatic rings. The summed E-state index contributed by atoms with van der Waals surface area (Å²) in [5.41, 5.74) is 2.88. The zero-order valence-electron chi connectivity index (χ0n) is 10.4. The lowest BCUT2D eigenvalue weighted by Crippen LogP contribution is -2.53. The highest BCUT2D eigenvalue weighted by Gasteiger charge is 2.26. The molecule has 0 radical (unpaired) electrons. The van der Waals surface area contributed by atoms with Crippen molar-refractivity contribution < 1.29 is 4.74 Å². The number of nitrogens with zero attached hydrogens (tertiary/aromatic N) is 1. The molecule has 0 saturated carbocycles. The minimum Gasteiger partial charge on any atom is -0.488 e. The second-order valence-corrected chi connectivity index (χ2v) is 4.95. The van der Waals surface area contributed by atoms with E-state index in [1.54, 1.807) is 0 Å². The van der Waals surface area contributed by atoms with Crippen LogP contribution in [0.3, 0.4) is 0 Å². The number of hydrogen-bond donors (Lipinski definition) is 1. The van der Waals surface area contributed by atoms with E-state index in [1.165, 1.54) is 11.1 Å². The molecule has 0 bridgehead atoms. The van der Waals surface area contributed by atoms with Gasteiger partial charge in [0.25, 0.3) is 0 Å². The maximum Gasteiger partial charge on any atom is 0.124 e. The molecule has 92 valence electrons. The fraction of sp³-hybridized carbons (Fsp3) is 0.571. The highest BCUT2D eigenvalue weighted by molar-refractivity contribution is 5.37. The third-order valence-electron chi connectivity index (χ3n) is 3.74. The van der Waals surface area contributed by atoms with Crippen LogP contribution in [0.25, 0.3) is 0 Å². The smallest absolute Gasteiger partial charge is 0.124 e. The molecule has 1 fully saturated rings. The van der Waals surface area contributed by atoms with Crippen LogP contribution in [0.5, 0.6) is 5.75 Å². The quantitative estimate of drug-likeness (QED) is 0.853. The first-order valence-electron chi connectivity index (χ1n) is 6.56. The van der Waals surface area contributed by atoms with Gasteiger partial charge in [-0.1, -0.05) is 13.0 Å². The molecule has 1 aromatic rings. The van der Waals surface area contributed by atoms with E-state index in [0.717, 1.165) is 44.9 Å². The second kappa shape index (κ2) is 4.67. The van der Waals surface area contributed by atoms with E-state index in [9.17, 15) is 0 Å². The van der Waals surface area contributed by atoms with Gasteiger partial charge in [0.15, 0.2) is 0 Å². The molecule has 1 N–H and O–H groups in total. The number of benzene rings is 1. The Bertz CT molecular complexity index is 399. The molecule has 0 atom stereocenters. The molecule has 17 heavy (non-hydrogen) atoms. The number of likely N-dealkylation sites (tertiary alicyclic amines) is 1. The van der Waals surface area contributed by atoms with E-state index in [1.807, 2.05) is 0 Å². The van der Waals surface area contributed by atoms with Crippen LogP contribution in [0.4, 0.5) is 0 Å². The summed E-state index contributed by atoms with van der Waals surface area (Å²) in [4.78, 5) is 2.39. The standard InChI is InChI=1S/C14H20N2O/c1-2-16-9-14(10-16)17-13-4-3-11-5-6-15-8-12(11)7-13/h3-4,7,14-15H,2,5-6,8-10H2,1H3. The summed E-state index contributed by atoms with van der Waals surface area (Å²) in [6.45, 7) is 7.56. The van der Waals surface area contributed by atoms with Gasteiger partial charge in [-0.3, -0.25) is 4.90 Å². The molecule has 3 rings (SSSR count). The van der Waals surface area contributed by atoms with Crippen LogP contribution < -0.4 is 10.1 Å². The molecule has 3 heteroatoms. The topological polar surface area (TPSA) is 24.5 Å². The van der Waals surface area contributed by atoms with Crippen LogP contribution in [0.15, 0.2) is 18.2 Å². The maximum absolute atomic E-state index is 5.98. The van der Waals surface area contributed by atoms with Crippen molar-refractivity contribution >= 4 is 0 Å². The molecule has 2 aliphatic heterocycles. The third-order valence-corrected chi connectivity index (χ3v) is 3.74. The largest absolute Gasteiger partial charge is 0.488 e. The molecule has 0 amide bonds. The summed E-state index contributed by atoms with van der Waals surface area (Å²) in [6, 6.07) is 6.55. The van der Waals surface area contributed by atoms with Gasteiger partial charge in [-0.25, -0.2) is 0 Å². The molecule has 2 heterocycles. The Morgan fingerprint density at radius 3 is 3.06 bits per heavy atom. The summed E-state index contributed by atoms with van der Waals surface area (Å²) < 4.78 is 5.98. The van der Waals surface area contributed by atoms with Crippen molar-refractivity contribution in [3.63, 3.8) is 0 Å². The molecular formula is C14H20N2O. The lowest BCUT2D eigenvalue weighted by atomic mass is 10.0. The minimum absolute atomic E-state index is 0.393. The van der Waals surface area contributed by atoms with Gasteiger partial charge in [0.05, 0.1) is 0 Å². The van der Waals surface area contributed by atoms with Gasteiger partial charge in [0, 0.05) is 19.6 Å². The fourth-order valence-electron chi connectivity index (χ4n) is 2.58. The molecular weight excluding hydrogens is 212 g/mol. The van der Waals surface area contributed by atoms with Crippen molar-refractivity contribution in [1.29, 1.82) is 0 Å². The Labute approximate surface area is 103 Å². The average Bonchev–Trinajstić information content (AvgIpc) is 2.33. The summed E-state index contributed by atoms with van der Waals surface area (Å²) in [7, 11) is 0. The number of rotatable bonds is 3. The zero-order chi connectivity index (χ0) is 11.7. The Morgan fingerprint density at radius 2 is 2.24 bits per heavy atom. The van der Waals surface area contributed by atoms with E-state index in [2.05, 4.69) is 35.3 Å². The first kappa shape index (κ1) is 11.1. The van der Waals surface area contributed by atoms with Crippen LogP contribution in [0, 0.1) is 0 Å². The second-order valence-electron chi connectivity index (χ2n) is 4.95. The lowest BCUT2D eigenvalue weighted by Gasteiger charge is -2.38. The van der Waals surface area contributed by atoms with Crippen LogP contribution in [0.2, 0.25) is 0 Å². The van der Waals surface area contributed by atoms with E-state index >= 15 is 0 Å². The van der Waals surface area contributed by atoms with Gasteiger partial charge in [-0.15, -0.1) is 0 Å². The zero-order valence-corrected chi connectivity index (χ0v) is 10.4. The van der Waals surface area contributed by atoms with Gasteiger partial charge in [0.1, 0.15) is 11.9 Å². The van der Waals surface area contributed by atoms with Crippen molar-refractivity contribution in [2.75, 3.05) is 26.2 Å². The molecule has 0 unspecified atom stereocenters. The molecule has 1 saturated heterocycles. The number of hydrogen-bond acceptors (Lipinski definition) is 3. The van der Waals surface area contributed by atoms with Crippen LogP contribution in [-0.4, -0.2) is 37.2 Å². The summed E-state index contributed by atoms with van der Waals surface area (Å²) >= 11 is 0. The van der Waals surface area contributed by atoms with Crippen molar-refractivity contribution in [3.8, 4) is 5.75 Å². The monoisotopic (exact) mass is 232 g/mol. The Kier molecular flexibility index (Phi) is 3.04. The number of fused-ring (bicyclic) bond motifs is 1. The van der Waals surface area contributed by atoms with E-state index in [0.29, 0.717) is 6.10 Å². The van der Waals surface area contributed by atoms with Crippen molar-refractivity contribution in [1.82, 2.24) is 10.2 Å². The summed E-state index contributed by atoms with van der Waals surface area (Å²) in [6.07, 6.45) is 1.53. The van der Waals surface area contributed by atoms with Crippen molar-refractivity contribution in [2.45, 2.75) is 26.0 Å². The summed E-state index contributed by atoms with van der Waals surface area (Å²) in [5.74, 6) is 1.04. The maximum atomic E-state index is 5.98.